The van der Waals surface area contributed by atoms with Gasteiger partial charge in [0.1, 0.15) is 0 Å². The molecule has 0 aromatic heterocycles. The van der Waals surface area contributed by atoms with Gasteiger partial charge < -0.3 is 15.5 Å². The molecule has 0 saturated carbocycles. The topological polar surface area (TPSA) is 27.3 Å². The van der Waals surface area contributed by atoms with Gasteiger partial charge in [-0.15, -0.1) is 0 Å². The summed E-state index contributed by atoms with van der Waals surface area (Å²) in [5.74, 6) is 0. The van der Waals surface area contributed by atoms with E-state index in [-0.39, 0.29) is 0 Å². The van der Waals surface area contributed by atoms with Crippen molar-refractivity contribution in [2.45, 2.75) is 27.2 Å². The highest BCUT2D eigenvalue weighted by Gasteiger charge is 2.01. The zero-order chi connectivity index (χ0) is 14.6. The molecule has 0 amide bonds. The Bertz CT molecular complexity index is 332. The summed E-state index contributed by atoms with van der Waals surface area (Å²) in [6.07, 6.45) is 1.17. The molecular formula is C17H31N3. The van der Waals surface area contributed by atoms with E-state index in [1.807, 2.05) is 0 Å². The fourth-order valence-electron chi connectivity index (χ4n) is 2.31. The molecule has 20 heavy (non-hydrogen) atoms. The van der Waals surface area contributed by atoms with E-state index in [0.717, 1.165) is 39.3 Å². The summed E-state index contributed by atoms with van der Waals surface area (Å²) in [6, 6.07) is 8.66. The van der Waals surface area contributed by atoms with Gasteiger partial charge in [-0.25, -0.2) is 0 Å². The van der Waals surface area contributed by atoms with Crippen LogP contribution in [-0.2, 0) is 6.42 Å². The van der Waals surface area contributed by atoms with Gasteiger partial charge in [0.15, 0.2) is 0 Å². The van der Waals surface area contributed by atoms with Crippen LogP contribution >= 0.6 is 0 Å². The maximum absolute atomic E-state index is 3.22. The molecule has 1 saturated heterocycles. The summed E-state index contributed by atoms with van der Waals surface area (Å²) in [5, 5.41) is 6.44. The second kappa shape index (κ2) is 10.8. The first-order valence-corrected chi connectivity index (χ1v) is 7.96. The maximum atomic E-state index is 3.22. The lowest BCUT2D eigenvalue weighted by Gasteiger charge is -2.18. The van der Waals surface area contributed by atoms with E-state index < -0.39 is 0 Å². The first-order chi connectivity index (χ1) is 9.77. The maximum Gasteiger partial charge on any atom is 0.00772 e. The zero-order valence-electron chi connectivity index (χ0n) is 13.4. The van der Waals surface area contributed by atoms with Crippen LogP contribution in [0.3, 0.4) is 0 Å². The van der Waals surface area contributed by atoms with Gasteiger partial charge in [-0.3, -0.25) is 0 Å². The van der Waals surface area contributed by atoms with Gasteiger partial charge in [0.2, 0.25) is 0 Å². The van der Waals surface area contributed by atoms with Crippen LogP contribution in [0.5, 0.6) is 0 Å². The smallest absolute Gasteiger partial charge is 0.00772 e. The summed E-state index contributed by atoms with van der Waals surface area (Å²) in [7, 11) is 0. The van der Waals surface area contributed by atoms with Crippen LogP contribution in [0.25, 0.3) is 0 Å². The molecule has 2 N–H and O–H groups in total. The van der Waals surface area contributed by atoms with E-state index in [4.69, 9.17) is 0 Å². The third-order valence-corrected chi connectivity index (χ3v) is 3.81. The molecule has 0 atom stereocenters. The molecule has 2 rings (SSSR count). The van der Waals surface area contributed by atoms with Crippen LogP contribution in [0.2, 0.25) is 0 Å². The molecular weight excluding hydrogens is 246 g/mol. The lowest BCUT2D eigenvalue weighted by molar-refractivity contribution is 0.308. The highest BCUT2D eigenvalue weighted by atomic mass is 15.1. The molecule has 3 heteroatoms. The molecule has 0 unspecified atom stereocenters. The number of hydrogen-bond donors (Lipinski definition) is 2. The van der Waals surface area contributed by atoms with E-state index >= 15 is 0 Å². The van der Waals surface area contributed by atoms with E-state index in [2.05, 4.69) is 60.6 Å². The quantitative estimate of drug-likeness (QED) is 0.863. The average Bonchev–Trinajstić information content (AvgIpc) is 2.52. The fourth-order valence-corrected chi connectivity index (χ4v) is 2.31. The van der Waals surface area contributed by atoms with Crippen LogP contribution in [0.4, 0.5) is 0 Å². The van der Waals surface area contributed by atoms with Gasteiger partial charge in [-0.2, -0.15) is 0 Å². The first kappa shape index (κ1) is 17.2. The monoisotopic (exact) mass is 277 g/mol. The Balaban J connectivity index is 0.000000276. The Labute approximate surface area is 124 Å². The Morgan fingerprint density at radius 1 is 0.950 bits per heavy atom. The average molecular weight is 277 g/mol. The van der Waals surface area contributed by atoms with Crippen molar-refractivity contribution in [2.75, 3.05) is 45.8 Å². The van der Waals surface area contributed by atoms with E-state index in [1.165, 1.54) is 24.1 Å². The van der Waals surface area contributed by atoms with Gasteiger partial charge in [-0.05, 0) is 37.6 Å². The number of likely N-dealkylation sites (N-methyl/N-ethyl adjacent to an activating group) is 1. The SMILES string of the molecule is C1CNCCN1.CCN(CC)CCc1ccccc1C. The third kappa shape index (κ3) is 7.04. The van der Waals surface area contributed by atoms with Crippen molar-refractivity contribution >= 4 is 0 Å². The molecule has 0 aliphatic carbocycles. The normalized spacial score (nSPS) is 14.8. The minimum atomic E-state index is 1.14. The minimum absolute atomic E-state index is 1.14. The molecule has 1 aromatic rings. The van der Waals surface area contributed by atoms with Crippen LogP contribution in [0.15, 0.2) is 24.3 Å². The van der Waals surface area contributed by atoms with E-state index in [9.17, 15) is 0 Å². The summed E-state index contributed by atoms with van der Waals surface area (Å²) in [5.41, 5.74) is 2.90. The standard InChI is InChI=1S/C13H21N.C4H10N2/c1-4-14(5-2)11-10-13-9-7-6-8-12(13)3;1-2-6-4-3-5-1/h6-9H,4-5,10-11H2,1-3H3;5-6H,1-4H2. The van der Waals surface area contributed by atoms with Crippen LogP contribution in [0.1, 0.15) is 25.0 Å². The summed E-state index contributed by atoms with van der Waals surface area (Å²) < 4.78 is 0. The van der Waals surface area contributed by atoms with Crippen molar-refractivity contribution in [3.05, 3.63) is 35.4 Å². The minimum Gasteiger partial charge on any atom is -0.314 e. The first-order valence-electron chi connectivity index (χ1n) is 7.96. The molecule has 1 aliphatic rings. The number of benzene rings is 1. The zero-order valence-corrected chi connectivity index (χ0v) is 13.4. The highest BCUT2D eigenvalue weighted by Crippen LogP contribution is 2.08. The van der Waals surface area contributed by atoms with Crippen LogP contribution < -0.4 is 10.6 Å². The molecule has 114 valence electrons. The molecule has 0 radical (unpaired) electrons. The van der Waals surface area contributed by atoms with Crippen molar-refractivity contribution in [1.29, 1.82) is 0 Å². The van der Waals surface area contributed by atoms with Crippen molar-refractivity contribution in [1.82, 2.24) is 15.5 Å². The van der Waals surface area contributed by atoms with Crippen molar-refractivity contribution in [3.63, 3.8) is 0 Å². The molecule has 1 aliphatic heterocycles. The predicted octanol–water partition coefficient (Wildman–Crippen LogP) is 2.06. The van der Waals surface area contributed by atoms with Gasteiger partial charge in [0.25, 0.3) is 0 Å². The molecule has 1 heterocycles. The number of rotatable bonds is 5. The third-order valence-electron chi connectivity index (χ3n) is 3.81. The number of nitrogens with zero attached hydrogens (tertiary/aromatic N) is 1. The predicted molar refractivity (Wildman–Crippen MR) is 88.4 cm³/mol. The number of hydrogen-bond acceptors (Lipinski definition) is 3. The van der Waals surface area contributed by atoms with Crippen LogP contribution in [-0.4, -0.2) is 50.7 Å². The van der Waals surface area contributed by atoms with Gasteiger partial charge >= 0.3 is 0 Å². The fraction of sp³-hybridized carbons (Fsp3) is 0.647. The van der Waals surface area contributed by atoms with E-state index in [0.29, 0.717) is 0 Å². The number of aryl methyl sites for hydroxylation is 1. The van der Waals surface area contributed by atoms with Gasteiger partial charge in [0, 0.05) is 32.7 Å². The number of piperazine rings is 1. The molecule has 1 fully saturated rings. The number of nitrogens with one attached hydrogen (secondary N) is 2. The second-order valence-electron chi connectivity index (χ2n) is 5.20. The largest absolute Gasteiger partial charge is 0.314 e. The van der Waals surface area contributed by atoms with Crippen LogP contribution in [0, 0.1) is 6.92 Å². The summed E-state index contributed by atoms with van der Waals surface area (Å²) in [4.78, 5) is 2.46. The molecule has 0 spiro atoms. The Kier molecular flexibility index (Phi) is 9.29. The van der Waals surface area contributed by atoms with Gasteiger partial charge in [0.05, 0.1) is 0 Å². The Morgan fingerprint density at radius 2 is 1.50 bits per heavy atom. The summed E-state index contributed by atoms with van der Waals surface area (Å²) >= 11 is 0. The highest BCUT2D eigenvalue weighted by molar-refractivity contribution is 5.25. The Hall–Kier alpha value is -0.900. The molecule has 0 bridgehead atoms. The van der Waals surface area contributed by atoms with E-state index in [1.54, 1.807) is 0 Å². The summed E-state index contributed by atoms with van der Waals surface area (Å²) in [6.45, 7) is 14.7. The molecule has 1 aromatic carbocycles. The Morgan fingerprint density at radius 3 is 1.95 bits per heavy atom. The van der Waals surface area contributed by atoms with Crippen molar-refractivity contribution in [2.24, 2.45) is 0 Å². The van der Waals surface area contributed by atoms with Crippen molar-refractivity contribution < 1.29 is 0 Å². The second-order valence-corrected chi connectivity index (χ2v) is 5.20. The lowest BCUT2D eigenvalue weighted by Crippen LogP contribution is -2.39. The molecule has 3 nitrogen and oxygen atoms in total. The van der Waals surface area contributed by atoms with Gasteiger partial charge in [-0.1, -0.05) is 38.1 Å². The van der Waals surface area contributed by atoms with Crippen molar-refractivity contribution in [3.8, 4) is 0 Å². The lowest BCUT2D eigenvalue weighted by atomic mass is 10.1.